The lowest BCUT2D eigenvalue weighted by Gasteiger charge is -2.16. The molecule has 0 aromatic carbocycles. The second-order valence-corrected chi connectivity index (χ2v) is 5.01. The van der Waals surface area contributed by atoms with Crippen LogP contribution in [0.15, 0.2) is 0 Å². The number of aliphatic hydroxyl groups excluding tert-OH is 3. The maximum absolute atomic E-state index is 9.90. The third-order valence-corrected chi connectivity index (χ3v) is 3.85. The third kappa shape index (κ3) is 2.86. The van der Waals surface area contributed by atoms with Gasteiger partial charge < -0.3 is 20.6 Å². The molecule has 1 aromatic rings. The summed E-state index contributed by atoms with van der Waals surface area (Å²) in [6.45, 7) is 0.0437. The number of nitrogens with zero attached hydrogens (tertiary/aromatic N) is 3. The Bertz CT molecular complexity index is 431. The quantitative estimate of drug-likeness (QED) is 0.510. The largest absolute Gasteiger partial charge is 0.395 e. The molecule has 7 nitrogen and oxygen atoms in total. The summed E-state index contributed by atoms with van der Waals surface area (Å²) in [5.74, 6) is 0.425. The van der Waals surface area contributed by atoms with Crippen LogP contribution in [0.3, 0.4) is 0 Å². The van der Waals surface area contributed by atoms with Gasteiger partial charge in [0.1, 0.15) is 5.69 Å². The molecule has 1 fully saturated rings. The van der Waals surface area contributed by atoms with Gasteiger partial charge in [-0.1, -0.05) is 5.21 Å². The van der Waals surface area contributed by atoms with Crippen molar-refractivity contribution >= 4 is 23.2 Å². The molecule has 0 aliphatic carbocycles. The van der Waals surface area contributed by atoms with E-state index >= 15 is 0 Å². The Balaban J connectivity index is 2.11. The van der Waals surface area contributed by atoms with E-state index < -0.39 is 24.3 Å². The molecule has 2 rings (SSSR count). The van der Waals surface area contributed by atoms with Crippen molar-refractivity contribution in [3.8, 4) is 0 Å². The van der Waals surface area contributed by atoms with Gasteiger partial charge in [0.05, 0.1) is 54.9 Å². The summed E-state index contributed by atoms with van der Waals surface area (Å²) in [5, 5.41) is 39.5. The lowest BCUT2D eigenvalue weighted by atomic mass is 10.1. The molecule has 108 valence electrons. The summed E-state index contributed by atoms with van der Waals surface area (Å²) in [4.78, 5) is 0. The first kappa shape index (κ1) is 15.0. The Morgan fingerprint density at radius 3 is 2.37 bits per heavy atom. The summed E-state index contributed by atoms with van der Waals surface area (Å²) in [6, 6.07) is -0.977. The monoisotopic (exact) mass is 310 g/mol. The van der Waals surface area contributed by atoms with E-state index in [9.17, 15) is 10.2 Å². The second-order valence-electron chi connectivity index (χ2n) is 4.48. The molecule has 4 atom stereocenters. The predicted octanol–water partition coefficient (Wildman–Crippen LogP) is -1.19. The van der Waals surface area contributed by atoms with Crippen LogP contribution in [-0.4, -0.2) is 61.2 Å². The summed E-state index contributed by atoms with van der Waals surface area (Å²) in [5.41, 5.74) is 1.29. The summed E-state index contributed by atoms with van der Waals surface area (Å²) in [6.07, 6.45) is -1.99. The van der Waals surface area contributed by atoms with E-state index in [1.807, 2.05) is 0 Å². The van der Waals surface area contributed by atoms with Gasteiger partial charge in [0.2, 0.25) is 0 Å². The highest BCUT2D eigenvalue weighted by Crippen LogP contribution is 2.18. The molecular formula is C10H16Cl2N4O3. The fourth-order valence-corrected chi connectivity index (χ4v) is 2.72. The highest BCUT2D eigenvalue weighted by atomic mass is 35.5. The zero-order valence-electron chi connectivity index (χ0n) is 10.1. The number of nitrogens with one attached hydrogen (secondary N) is 1. The van der Waals surface area contributed by atoms with Gasteiger partial charge in [0.15, 0.2) is 0 Å². The highest BCUT2D eigenvalue weighted by Gasteiger charge is 2.41. The molecule has 0 amide bonds. The van der Waals surface area contributed by atoms with E-state index in [-0.39, 0.29) is 18.4 Å². The summed E-state index contributed by atoms with van der Waals surface area (Å²) >= 11 is 11.6. The fourth-order valence-electron chi connectivity index (χ4n) is 2.22. The van der Waals surface area contributed by atoms with E-state index in [1.54, 1.807) is 4.68 Å². The maximum atomic E-state index is 9.90. The van der Waals surface area contributed by atoms with Crippen LogP contribution in [-0.2, 0) is 18.3 Å². The van der Waals surface area contributed by atoms with Crippen LogP contribution in [0.25, 0.3) is 0 Å². The molecule has 19 heavy (non-hydrogen) atoms. The zero-order chi connectivity index (χ0) is 14.0. The Morgan fingerprint density at radius 1 is 1.16 bits per heavy atom. The highest BCUT2D eigenvalue weighted by molar-refractivity contribution is 6.18. The predicted molar refractivity (Wildman–Crippen MR) is 68.9 cm³/mol. The number of alkyl halides is 2. The van der Waals surface area contributed by atoms with Crippen LogP contribution in [0, 0.1) is 0 Å². The molecule has 1 saturated heterocycles. The molecule has 4 N–H and O–H groups in total. The lowest BCUT2D eigenvalue weighted by Crippen LogP contribution is -2.38. The molecule has 9 heteroatoms. The third-order valence-electron chi connectivity index (χ3n) is 3.34. The SMILES string of the molecule is OC[C@H]1N[C@H](Cn2nnc(CCl)c2CCl)[C@@H](O)[C@@H]1O. The van der Waals surface area contributed by atoms with Gasteiger partial charge in [-0.25, -0.2) is 4.68 Å². The normalized spacial score (nSPS) is 31.0. The van der Waals surface area contributed by atoms with Crippen LogP contribution in [0.4, 0.5) is 0 Å². The molecular weight excluding hydrogens is 295 g/mol. The van der Waals surface area contributed by atoms with E-state index in [0.717, 1.165) is 0 Å². The minimum absolute atomic E-state index is 0.212. The van der Waals surface area contributed by atoms with Crippen molar-refractivity contribution in [2.75, 3.05) is 6.61 Å². The van der Waals surface area contributed by atoms with Gasteiger partial charge in [0.25, 0.3) is 0 Å². The minimum Gasteiger partial charge on any atom is -0.395 e. The molecule has 1 aliphatic rings. The van der Waals surface area contributed by atoms with Gasteiger partial charge in [0, 0.05) is 0 Å². The standard InChI is InChI=1S/C10H16Cl2N4O3/c11-1-5-8(2-12)16(15-14-5)3-6-9(18)10(19)7(4-17)13-6/h6-7,9-10,13,17-19H,1-4H2/t6-,7-,9-,10-/m1/s1. The number of aromatic nitrogens is 3. The van der Waals surface area contributed by atoms with Crippen molar-refractivity contribution in [1.29, 1.82) is 0 Å². The molecule has 1 aliphatic heterocycles. The van der Waals surface area contributed by atoms with Crippen molar-refractivity contribution in [2.45, 2.75) is 42.6 Å². The number of halogens is 2. The van der Waals surface area contributed by atoms with Gasteiger partial charge in [-0.2, -0.15) is 0 Å². The van der Waals surface area contributed by atoms with Crippen LogP contribution < -0.4 is 5.32 Å². The summed E-state index contributed by atoms with van der Waals surface area (Å²) in [7, 11) is 0. The van der Waals surface area contributed by atoms with E-state index in [2.05, 4.69) is 15.6 Å². The minimum atomic E-state index is -1.01. The Kier molecular flexibility index (Phi) is 4.99. The van der Waals surface area contributed by atoms with E-state index in [4.69, 9.17) is 28.3 Å². The van der Waals surface area contributed by atoms with Gasteiger partial charge >= 0.3 is 0 Å². The zero-order valence-corrected chi connectivity index (χ0v) is 11.6. The smallest absolute Gasteiger partial charge is 0.102 e. The van der Waals surface area contributed by atoms with Gasteiger partial charge in [-0.15, -0.1) is 28.3 Å². The summed E-state index contributed by atoms with van der Waals surface area (Å²) < 4.78 is 1.55. The van der Waals surface area contributed by atoms with Crippen LogP contribution in [0.5, 0.6) is 0 Å². The molecule has 0 radical (unpaired) electrons. The fraction of sp³-hybridized carbons (Fsp3) is 0.800. The van der Waals surface area contributed by atoms with Crippen molar-refractivity contribution < 1.29 is 15.3 Å². The first-order valence-corrected chi connectivity index (χ1v) is 6.95. The van der Waals surface area contributed by atoms with Crippen molar-refractivity contribution in [2.24, 2.45) is 0 Å². The van der Waals surface area contributed by atoms with Crippen LogP contribution >= 0.6 is 23.2 Å². The molecule has 0 saturated carbocycles. The van der Waals surface area contributed by atoms with Crippen molar-refractivity contribution in [1.82, 2.24) is 20.3 Å². The average molecular weight is 311 g/mol. The average Bonchev–Trinajstić information content (AvgIpc) is 2.94. The molecule has 0 spiro atoms. The second kappa shape index (κ2) is 6.34. The maximum Gasteiger partial charge on any atom is 0.102 e. The lowest BCUT2D eigenvalue weighted by molar-refractivity contribution is 0.0174. The van der Waals surface area contributed by atoms with Gasteiger partial charge in [-0.05, 0) is 0 Å². The number of aliphatic hydroxyl groups is 3. The topological polar surface area (TPSA) is 103 Å². The molecule has 0 unspecified atom stereocenters. The van der Waals surface area contributed by atoms with E-state index in [0.29, 0.717) is 17.9 Å². The Hall–Kier alpha value is -0.440. The Morgan fingerprint density at radius 2 is 1.84 bits per heavy atom. The molecule has 1 aromatic heterocycles. The Labute approximate surface area is 120 Å². The number of hydrogen-bond acceptors (Lipinski definition) is 6. The number of rotatable bonds is 5. The first-order chi connectivity index (χ1) is 9.12. The first-order valence-electron chi connectivity index (χ1n) is 5.88. The van der Waals surface area contributed by atoms with Gasteiger partial charge in [-0.3, -0.25) is 0 Å². The van der Waals surface area contributed by atoms with Crippen LogP contribution in [0.1, 0.15) is 11.4 Å². The van der Waals surface area contributed by atoms with E-state index in [1.165, 1.54) is 0 Å². The van der Waals surface area contributed by atoms with Crippen LogP contribution in [0.2, 0.25) is 0 Å². The molecule has 2 heterocycles. The van der Waals surface area contributed by atoms with Crippen molar-refractivity contribution in [3.05, 3.63) is 11.4 Å². The molecule has 0 bridgehead atoms. The number of hydrogen-bond donors (Lipinski definition) is 4. The van der Waals surface area contributed by atoms with Crippen molar-refractivity contribution in [3.63, 3.8) is 0 Å².